The second-order valence-corrected chi connectivity index (χ2v) is 7.04. The molecule has 3 rings (SSSR count). The molecule has 1 aromatic heterocycles. The zero-order chi connectivity index (χ0) is 19.7. The highest BCUT2D eigenvalue weighted by Crippen LogP contribution is 2.27. The number of nitrogens with zero attached hydrogens (tertiary/aromatic N) is 4. The number of likely N-dealkylation sites (N-methyl/N-ethyl adjacent to an activating group) is 1. The van der Waals surface area contributed by atoms with Crippen molar-refractivity contribution in [1.82, 2.24) is 14.9 Å². The van der Waals surface area contributed by atoms with E-state index in [1.807, 2.05) is 11.9 Å². The van der Waals surface area contributed by atoms with E-state index in [-0.39, 0.29) is 29.0 Å². The van der Waals surface area contributed by atoms with Gasteiger partial charge in [0.25, 0.3) is 11.2 Å². The maximum atomic E-state index is 14.7. The highest BCUT2D eigenvalue weighted by molar-refractivity contribution is 5.78. The minimum Gasteiger partial charge on any atom is -0.805 e. The molecule has 1 aliphatic rings. The fourth-order valence-electron chi connectivity index (χ4n) is 3.58. The molecule has 0 spiro atoms. The van der Waals surface area contributed by atoms with Gasteiger partial charge in [0.05, 0.1) is 28.5 Å². The number of aliphatic hydroxyl groups excluding tert-OH is 1. The Kier molecular flexibility index (Phi) is 5.64. The van der Waals surface area contributed by atoms with E-state index in [2.05, 4.69) is 10.2 Å². The van der Waals surface area contributed by atoms with Crippen LogP contribution in [0.5, 0.6) is 0 Å². The molecule has 1 aromatic carbocycles. The Hall–Kier alpha value is -2.23. The maximum Gasteiger partial charge on any atom is 0.288 e. The van der Waals surface area contributed by atoms with Crippen molar-refractivity contribution in [3.8, 4) is 0 Å². The number of aliphatic hydroxyl groups is 1. The highest BCUT2D eigenvalue weighted by Gasteiger charge is 2.27. The molecule has 148 valence electrons. The topological polar surface area (TPSA) is 89.7 Å². The lowest BCUT2D eigenvalue weighted by Crippen LogP contribution is -2.45. The van der Waals surface area contributed by atoms with E-state index in [4.69, 9.17) is 5.11 Å². The summed E-state index contributed by atoms with van der Waals surface area (Å²) in [5.74, 6) is -0.504. The number of rotatable bonds is 5. The Labute approximate surface area is 157 Å². The van der Waals surface area contributed by atoms with Gasteiger partial charge in [-0.25, -0.2) is 4.39 Å². The van der Waals surface area contributed by atoms with E-state index in [1.54, 1.807) is 13.8 Å². The van der Waals surface area contributed by atoms with E-state index in [0.29, 0.717) is 34.5 Å². The van der Waals surface area contributed by atoms with Crippen LogP contribution in [0.4, 0.5) is 10.1 Å². The molecule has 1 atom stereocenters. The van der Waals surface area contributed by atoms with Crippen LogP contribution in [0.25, 0.3) is 11.0 Å². The lowest BCUT2D eigenvalue weighted by atomic mass is 10.1. The molecule has 1 aliphatic heterocycles. The molecule has 2 heterocycles. The van der Waals surface area contributed by atoms with Gasteiger partial charge in [-0.1, -0.05) is 0 Å². The predicted molar refractivity (Wildman–Crippen MR) is 102 cm³/mol. The number of fused-ring (bicyclic) bond motifs is 1. The van der Waals surface area contributed by atoms with Gasteiger partial charge in [0.2, 0.25) is 0 Å². The van der Waals surface area contributed by atoms with Crippen LogP contribution in [-0.4, -0.2) is 61.1 Å². The Bertz CT molecular complexity index is 893. The molecule has 0 amide bonds. The van der Waals surface area contributed by atoms with Crippen molar-refractivity contribution < 1.29 is 13.9 Å². The van der Waals surface area contributed by atoms with Crippen molar-refractivity contribution in [2.45, 2.75) is 19.9 Å². The highest BCUT2D eigenvalue weighted by atomic mass is 19.1. The largest absolute Gasteiger partial charge is 0.805 e. The summed E-state index contributed by atoms with van der Waals surface area (Å²) < 4.78 is 16.0. The number of halogens is 1. The first kappa shape index (κ1) is 19.5. The van der Waals surface area contributed by atoms with E-state index in [0.717, 1.165) is 19.2 Å². The Morgan fingerprint density at radius 3 is 2.63 bits per heavy atom. The maximum absolute atomic E-state index is 14.7. The molecule has 2 aromatic rings. The van der Waals surface area contributed by atoms with Crippen molar-refractivity contribution in [2.24, 2.45) is 0 Å². The van der Waals surface area contributed by atoms with Crippen LogP contribution < -0.4 is 14.6 Å². The number of nitrogens with one attached hydrogen (secondary N) is 1. The SMILES string of the molecule is Cc1c(C(C)NCCO)[n+](=O)c2cc(N3CCN(C)CC3)c(F)cc2n1[O-]. The second-order valence-electron chi connectivity index (χ2n) is 7.04. The van der Waals surface area contributed by atoms with Crippen LogP contribution >= 0.6 is 0 Å². The first-order valence-corrected chi connectivity index (χ1v) is 9.11. The molecular formula is C18H26FN5O3. The third-order valence-corrected chi connectivity index (χ3v) is 5.19. The van der Waals surface area contributed by atoms with Crippen LogP contribution in [0.1, 0.15) is 24.4 Å². The summed E-state index contributed by atoms with van der Waals surface area (Å²) >= 11 is 0. The second kappa shape index (κ2) is 7.79. The Morgan fingerprint density at radius 2 is 2.00 bits per heavy atom. The normalized spacial score (nSPS) is 16.9. The minimum absolute atomic E-state index is 0.0102. The average molecular weight is 379 g/mol. The number of anilines is 1. The molecule has 0 bridgehead atoms. The van der Waals surface area contributed by atoms with Crippen LogP contribution in [0, 0.1) is 22.9 Å². The van der Waals surface area contributed by atoms with Gasteiger partial charge in [-0.2, -0.15) is 0 Å². The fraction of sp³-hybridized carbons (Fsp3) is 0.556. The van der Waals surface area contributed by atoms with Gasteiger partial charge in [0, 0.05) is 49.8 Å². The summed E-state index contributed by atoms with van der Waals surface area (Å²) in [6, 6.07) is 2.18. The van der Waals surface area contributed by atoms with Crippen molar-refractivity contribution in [1.29, 1.82) is 0 Å². The summed E-state index contributed by atoms with van der Waals surface area (Å²) in [5, 5.41) is 24.7. The zero-order valence-electron chi connectivity index (χ0n) is 15.9. The molecule has 0 radical (unpaired) electrons. The quantitative estimate of drug-likeness (QED) is 0.745. The summed E-state index contributed by atoms with van der Waals surface area (Å²) in [7, 11) is 2.01. The van der Waals surface area contributed by atoms with Crippen LogP contribution in [0.15, 0.2) is 12.1 Å². The Balaban J connectivity index is 2.12. The van der Waals surface area contributed by atoms with E-state index >= 15 is 0 Å². The first-order chi connectivity index (χ1) is 12.8. The summed E-state index contributed by atoms with van der Waals surface area (Å²) in [6.45, 7) is 6.43. The third-order valence-electron chi connectivity index (χ3n) is 5.19. The number of hydrogen-bond acceptors (Lipinski definition) is 6. The van der Waals surface area contributed by atoms with E-state index in [9.17, 15) is 14.5 Å². The predicted octanol–water partition coefficient (Wildman–Crippen LogP) is 0.744. The van der Waals surface area contributed by atoms with E-state index in [1.165, 1.54) is 6.07 Å². The molecule has 0 aliphatic carbocycles. The number of benzene rings is 1. The number of aromatic nitrogens is 2. The minimum atomic E-state index is -0.504. The van der Waals surface area contributed by atoms with Gasteiger partial charge in [0.15, 0.2) is 0 Å². The third kappa shape index (κ3) is 3.62. The van der Waals surface area contributed by atoms with Crippen LogP contribution in [0.2, 0.25) is 0 Å². The fourth-order valence-corrected chi connectivity index (χ4v) is 3.58. The number of piperazine rings is 1. The van der Waals surface area contributed by atoms with Crippen molar-refractivity contribution in [2.75, 3.05) is 51.3 Å². The molecule has 2 N–H and O–H groups in total. The van der Waals surface area contributed by atoms with Gasteiger partial charge >= 0.3 is 0 Å². The molecule has 27 heavy (non-hydrogen) atoms. The average Bonchev–Trinajstić information content (AvgIpc) is 2.65. The molecule has 1 saturated heterocycles. The van der Waals surface area contributed by atoms with Gasteiger partial charge < -0.3 is 30.2 Å². The van der Waals surface area contributed by atoms with Crippen molar-refractivity contribution >= 4 is 16.7 Å². The van der Waals surface area contributed by atoms with Gasteiger partial charge in [-0.15, -0.1) is 0 Å². The molecule has 8 nitrogen and oxygen atoms in total. The first-order valence-electron chi connectivity index (χ1n) is 9.11. The molecule has 1 fully saturated rings. The monoisotopic (exact) mass is 379 g/mol. The molecule has 0 saturated carbocycles. The standard InChI is InChI=1S/C18H26FN5O3/c1-12(20-4-9-25)18-13(2)23(26)16-10-14(19)15(11-17(16)24(18)27)22-7-5-21(3)6-8-22/h10-12,20,25H,4-9H2,1-3H3. The summed E-state index contributed by atoms with van der Waals surface area (Å²) in [5.41, 5.74) is 0.963. The molecule has 1 unspecified atom stereocenters. The molecule has 9 heteroatoms. The van der Waals surface area contributed by atoms with E-state index < -0.39 is 11.9 Å². The summed E-state index contributed by atoms with van der Waals surface area (Å²) in [6.07, 6.45) is 0. The number of hydrogen-bond donors (Lipinski definition) is 2. The van der Waals surface area contributed by atoms with Crippen LogP contribution in [-0.2, 0) is 0 Å². The lowest BCUT2D eigenvalue weighted by molar-refractivity contribution is -0.478. The van der Waals surface area contributed by atoms with Gasteiger partial charge in [-0.3, -0.25) is 0 Å². The van der Waals surface area contributed by atoms with Gasteiger partial charge in [-0.05, 0) is 20.9 Å². The van der Waals surface area contributed by atoms with Gasteiger partial charge in [0.1, 0.15) is 11.3 Å². The molecular weight excluding hydrogens is 353 g/mol. The van der Waals surface area contributed by atoms with Crippen molar-refractivity contribution in [3.63, 3.8) is 0 Å². The lowest BCUT2D eigenvalue weighted by Gasteiger charge is -2.34. The zero-order valence-corrected chi connectivity index (χ0v) is 15.9. The Morgan fingerprint density at radius 1 is 1.33 bits per heavy atom. The van der Waals surface area contributed by atoms with Crippen molar-refractivity contribution in [3.05, 3.63) is 39.5 Å². The van der Waals surface area contributed by atoms with Crippen LogP contribution in [0.3, 0.4) is 0 Å². The smallest absolute Gasteiger partial charge is 0.288 e. The summed E-state index contributed by atoms with van der Waals surface area (Å²) in [4.78, 5) is 17.1.